The molecular weight excluding hydrogens is 327 g/mol. The first-order chi connectivity index (χ1) is 10.9. The number of anilines is 1. The Morgan fingerprint density at radius 3 is 2.43 bits per heavy atom. The number of carbonyl (C=O) groups is 1. The predicted molar refractivity (Wildman–Crippen MR) is 82.4 cm³/mol. The van der Waals surface area contributed by atoms with Gasteiger partial charge in [-0.1, -0.05) is 12.1 Å². The van der Waals surface area contributed by atoms with E-state index in [0.29, 0.717) is 5.52 Å². The van der Waals surface area contributed by atoms with Gasteiger partial charge in [-0.05, 0) is 48.2 Å². The zero-order valence-corrected chi connectivity index (χ0v) is 12.3. The van der Waals surface area contributed by atoms with E-state index in [1.54, 1.807) is 6.07 Å². The molecular formula is C15H10F3N3OS. The number of alkyl halides is 3. The van der Waals surface area contributed by atoms with E-state index >= 15 is 0 Å². The number of aromatic amines is 1. The van der Waals surface area contributed by atoms with E-state index in [9.17, 15) is 18.0 Å². The molecule has 2 aromatic carbocycles. The average Bonchev–Trinajstić information content (AvgIpc) is 2.88. The first-order valence-electron chi connectivity index (χ1n) is 6.53. The van der Waals surface area contributed by atoms with Crippen LogP contribution in [0.2, 0.25) is 0 Å². The van der Waals surface area contributed by atoms with Crippen LogP contribution in [0.5, 0.6) is 0 Å². The van der Waals surface area contributed by atoms with Gasteiger partial charge in [-0.15, -0.1) is 0 Å². The number of aromatic nitrogens is 2. The molecule has 4 nitrogen and oxygen atoms in total. The Labute approximate surface area is 133 Å². The van der Waals surface area contributed by atoms with E-state index in [-0.39, 0.29) is 28.2 Å². The number of amides is 1. The highest BCUT2D eigenvalue weighted by Crippen LogP contribution is 2.36. The van der Waals surface area contributed by atoms with Gasteiger partial charge in [0.15, 0.2) is 0 Å². The molecule has 3 rings (SSSR count). The van der Waals surface area contributed by atoms with Crippen molar-refractivity contribution in [1.82, 2.24) is 9.97 Å². The lowest BCUT2D eigenvalue weighted by Crippen LogP contribution is -2.12. The summed E-state index contributed by atoms with van der Waals surface area (Å²) in [5.74, 6) is -0.169. The predicted octanol–water partition coefficient (Wildman–Crippen LogP) is 4.43. The van der Waals surface area contributed by atoms with E-state index in [1.807, 2.05) is 18.2 Å². The number of halogens is 3. The lowest BCUT2D eigenvalue weighted by atomic mass is 10.2. The van der Waals surface area contributed by atoms with Gasteiger partial charge in [0.25, 0.3) is 5.91 Å². The van der Waals surface area contributed by atoms with Gasteiger partial charge in [-0.25, -0.2) is 4.98 Å². The molecule has 3 aromatic rings. The summed E-state index contributed by atoms with van der Waals surface area (Å²) >= 11 is -0.222. The molecule has 0 spiro atoms. The zero-order valence-electron chi connectivity index (χ0n) is 11.5. The normalized spacial score (nSPS) is 11.6. The molecule has 0 radical (unpaired) electrons. The van der Waals surface area contributed by atoms with Crippen LogP contribution in [0.1, 0.15) is 10.4 Å². The fraction of sp³-hybridized carbons (Fsp3) is 0.0667. The number of benzene rings is 2. The van der Waals surface area contributed by atoms with Crippen LogP contribution in [-0.2, 0) is 0 Å². The Morgan fingerprint density at radius 2 is 1.78 bits per heavy atom. The van der Waals surface area contributed by atoms with Gasteiger partial charge >= 0.3 is 5.51 Å². The molecule has 2 N–H and O–H groups in total. The average molecular weight is 337 g/mol. The third-order valence-electron chi connectivity index (χ3n) is 2.97. The van der Waals surface area contributed by atoms with Crippen molar-refractivity contribution in [2.24, 2.45) is 0 Å². The molecule has 0 saturated heterocycles. The van der Waals surface area contributed by atoms with Gasteiger partial charge < -0.3 is 4.98 Å². The fourth-order valence-electron chi connectivity index (χ4n) is 2.00. The summed E-state index contributed by atoms with van der Waals surface area (Å²) in [6.45, 7) is 0. The summed E-state index contributed by atoms with van der Waals surface area (Å²) in [4.78, 5) is 19.3. The maximum Gasteiger partial charge on any atom is 0.446 e. The van der Waals surface area contributed by atoms with Gasteiger partial charge in [0, 0.05) is 10.5 Å². The van der Waals surface area contributed by atoms with Crippen molar-refractivity contribution in [2.75, 3.05) is 5.32 Å². The maximum atomic E-state index is 12.3. The Balaban J connectivity index is 1.72. The standard InChI is InChI=1S/C15H10F3N3OS/c16-15(17,18)23-10-7-5-9(6-8-10)13(22)21-14-19-11-3-1-2-4-12(11)20-14/h1-8H,(H2,19,20,21,22). The molecule has 1 aromatic heterocycles. The number of thioether (sulfide) groups is 1. The summed E-state index contributed by atoms with van der Waals surface area (Å²) in [5.41, 5.74) is -2.62. The largest absolute Gasteiger partial charge is 0.446 e. The van der Waals surface area contributed by atoms with Gasteiger partial charge in [0.1, 0.15) is 0 Å². The number of carbonyl (C=O) groups excluding carboxylic acids is 1. The van der Waals surface area contributed by atoms with Crippen molar-refractivity contribution in [2.45, 2.75) is 10.4 Å². The molecule has 0 bridgehead atoms. The number of nitrogens with zero attached hydrogens (tertiary/aromatic N) is 1. The third kappa shape index (κ3) is 3.84. The smallest absolute Gasteiger partial charge is 0.324 e. The van der Waals surface area contributed by atoms with E-state index in [4.69, 9.17) is 0 Å². The van der Waals surface area contributed by atoms with Gasteiger partial charge in [0.05, 0.1) is 11.0 Å². The second kappa shape index (κ2) is 5.96. The highest BCUT2D eigenvalue weighted by atomic mass is 32.2. The maximum absolute atomic E-state index is 12.3. The topological polar surface area (TPSA) is 57.8 Å². The Kier molecular flexibility index (Phi) is 3.99. The van der Waals surface area contributed by atoms with E-state index in [1.165, 1.54) is 24.3 Å². The molecule has 1 amide bonds. The minimum atomic E-state index is -4.35. The highest BCUT2D eigenvalue weighted by molar-refractivity contribution is 8.00. The zero-order chi connectivity index (χ0) is 16.4. The van der Waals surface area contributed by atoms with Gasteiger partial charge in [0.2, 0.25) is 5.95 Å². The Bertz CT molecular complexity index is 810. The first-order valence-corrected chi connectivity index (χ1v) is 7.34. The monoisotopic (exact) mass is 337 g/mol. The molecule has 0 unspecified atom stereocenters. The van der Waals surface area contributed by atoms with Crippen LogP contribution in [0.15, 0.2) is 53.4 Å². The molecule has 23 heavy (non-hydrogen) atoms. The second-order valence-corrected chi connectivity index (χ2v) is 5.77. The van der Waals surface area contributed by atoms with Crippen LogP contribution in [0.4, 0.5) is 19.1 Å². The summed E-state index contributed by atoms with van der Waals surface area (Å²) in [6.07, 6.45) is 0. The van der Waals surface area contributed by atoms with E-state index in [0.717, 1.165) is 5.52 Å². The molecule has 118 valence electrons. The van der Waals surface area contributed by atoms with Crippen LogP contribution in [-0.4, -0.2) is 21.4 Å². The molecule has 0 fully saturated rings. The first kappa shape index (κ1) is 15.4. The summed E-state index contributed by atoms with van der Waals surface area (Å²) in [5, 5.41) is 2.58. The number of fused-ring (bicyclic) bond motifs is 1. The van der Waals surface area contributed by atoms with Crippen LogP contribution in [0.3, 0.4) is 0 Å². The Morgan fingerprint density at radius 1 is 1.09 bits per heavy atom. The van der Waals surface area contributed by atoms with Crippen LogP contribution in [0.25, 0.3) is 11.0 Å². The molecule has 8 heteroatoms. The van der Waals surface area contributed by atoms with Crippen molar-refractivity contribution in [1.29, 1.82) is 0 Å². The SMILES string of the molecule is O=C(Nc1nc2ccccc2[nH]1)c1ccc(SC(F)(F)F)cc1. The Hall–Kier alpha value is -2.48. The summed E-state index contributed by atoms with van der Waals surface area (Å²) in [7, 11) is 0. The highest BCUT2D eigenvalue weighted by Gasteiger charge is 2.29. The second-order valence-electron chi connectivity index (χ2n) is 4.63. The minimum Gasteiger partial charge on any atom is -0.324 e. The number of imidazole rings is 1. The van der Waals surface area contributed by atoms with Crippen molar-refractivity contribution >= 4 is 34.7 Å². The van der Waals surface area contributed by atoms with Crippen LogP contribution >= 0.6 is 11.8 Å². The fourth-order valence-corrected chi connectivity index (χ4v) is 2.54. The van der Waals surface area contributed by atoms with Gasteiger partial charge in [-0.3, -0.25) is 10.1 Å². The molecule has 0 saturated carbocycles. The number of rotatable bonds is 3. The number of hydrogen-bond acceptors (Lipinski definition) is 3. The molecule has 0 aliphatic carbocycles. The molecule has 0 aliphatic rings. The van der Waals surface area contributed by atoms with Crippen molar-refractivity contribution in [3.63, 3.8) is 0 Å². The summed E-state index contributed by atoms with van der Waals surface area (Å²) < 4.78 is 36.8. The van der Waals surface area contributed by atoms with E-state index in [2.05, 4.69) is 15.3 Å². The third-order valence-corrected chi connectivity index (χ3v) is 3.71. The quantitative estimate of drug-likeness (QED) is 0.695. The molecule has 1 heterocycles. The van der Waals surface area contributed by atoms with Crippen molar-refractivity contribution in [3.05, 3.63) is 54.1 Å². The number of hydrogen-bond donors (Lipinski definition) is 2. The van der Waals surface area contributed by atoms with Crippen LogP contribution in [0, 0.1) is 0 Å². The van der Waals surface area contributed by atoms with Gasteiger partial charge in [-0.2, -0.15) is 13.2 Å². The number of nitrogens with one attached hydrogen (secondary N) is 2. The van der Waals surface area contributed by atoms with E-state index < -0.39 is 11.4 Å². The lowest BCUT2D eigenvalue weighted by Gasteiger charge is -2.06. The number of H-pyrrole nitrogens is 1. The molecule has 0 aliphatic heterocycles. The number of para-hydroxylation sites is 2. The minimum absolute atomic E-state index is 0.0257. The van der Waals surface area contributed by atoms with Crippen molar-refractivity contribution in [3.8, 4) is 0 Å². The lowest BCUT2D eigenvalue weighted by molar-refractivity contribution is -0.0328. The summed E-state index contributed by atoms with van der Waals surface area (Å²) in [6, 6.07) is 12.5. The van der Waals surface area contributed by atoms with Crippen LogP contribution < -0.4 is 5.32 Å². The molecule has 0 atom stereocenters. The van der Waals surface area contributed by atoms with Crippen molar-refractivity contribution < 1.29 is 18.0 Å².